The summed E-state index contributed by atoms with van der Waals surface area (Å²) >= 11 is 0. The molecule has 0 amide bonds. The monoisotopic (exact) mass is 441 g/mol. The van der Waals surface area contributed by atoms with Crippen molar-refractivity contribution >= 4 is 22.8 Å². The first-order valence-corrected chi connectivity index (χ1v) is 9.47. The van der Waals surface area contributed by atoms with Gasteiger partial charge in [0.1, 0.15) is 18.7 Å². The van der Waals surface area contributed by atoms with Crippen molar-refractivity contribution in [3.05, 3.63) is 48.8 Å². The van der Waals surface area contributed by atoms with E-state index in [0.717, 1.165) is 12.8 Å². The van der Waals surface area contributed by atoms with Crippen LogP contribution in [0.4, 0.5) is 30.4 Å². The van der Waals surface area contributed by atoms with Crippen LogP contribution >= 0.6 is 0 Å². The highest BCUT2D eigenvalue weighted by Crippen LogP contribution is 2.33. The highest BCUT2D eigenvalue weighted by atomic mass is 19.4. The van der Waals surface area contributed by atoms with Crippen molar-refractivity contribution in [3.63, 3.8) is 0 Å². The minimum Gasteiger partial charge on any atom is -0.404 e. The normalized spacial score (nSPS) is 13.7. The average Bonchev–Trinajstić information content (AvgIpc) is 3.23. The van der Waals surface area contributed by atoms with Crippen molar-refractivity contribution in [2.45, 2.75) is 25.2 Å². The smallest absolute Gasteiger partial charge is 0.404 e. The van der Waals surface area contributed by atoms with Crippen molar-refractivity contribution in [1.82, 2.24) is 29.4 Å². The fraction of sp³-hybridized carbons (Fsp3) is 0.211. The Morgan fingerprint density at radius 1 is 1.16 bits per heavy atom. The number of aromatic nitrogens is 6. The summed E-state index contributed by atoms with van der Waals surface area (Å²) < 4.78 is 45.3. The molecule has 3 heterocycles. The van der Waals surface area contributed by atoms with Crippen LogP contribution < -0.4 is 15.4 Å². The van der Waals surface area contributed by atoms with Crippen molar-refractivity contribution in [2.75, 3.05) is 10.6 Å². The van der Waals surface area contributed by atoms with Crippen molar-refractivity contribution in [1.29, 1.82) is 5.26 Å². The Balaban J connectivity index is 1.53. The van der Waals surface area contributed by atoms with Gasteiger partial charge in [0, 0.05) is 17.8 Å². The third-order valence-electron chi connectivity index (χ3n) is 4.67. The highest BCUT2D eigenvalue weighted by Gasteiger charge is 2.32. The molecule has 1 aliphatic rings. The van der Waals surface area contributed by atoms with Crippen LogP contribution in [0.5, 0.6) is 5.75 Å². The molecule has 162 valence electrons. The second-order valence-corrected chi connectivity index (χ2v) is 7.08. The number of hydrogen-bond acceptors (Lipinski definition) is 8. The first-order valence-electron chi connectivity index (χ1n) is 9.47. The molecule has 0 aliphatic heterocycles. The van der Waals surface area contributed by atoms with Crippen molar-refractivity contribution in [3.8, 4) is 17.5 Å². The Morgan fingerprint density at radius 2 is 1.94 bits per heavy atom. The molecule has 0 spiro atoms. The largest absolute Gasteiger partial charge is 0.573 e. The molecule has 0 atom stereocenters. The molecule has 0 bridgehead atoms. The quantitative estimate of drug-likeness (QED) is 0.468. The minimum atomic E-state index is -4.86. The van der Waals surface area contributed by atoms with Gasteiger partial charge in [-0.3, -0.25) is 4.57 Å². The van der Waals surface area contributed by atoms with E-state index in [-0.39, 0.29) is 11.4 Å². The molecule has 0 unspecified atom stereocenters. The molecule has 13 heteroatoms. The van der Waals surface area contributed by atoms with Crippen LogP contribution in [0.15, 0.2) is 43.1 Å². The lowest BCUT2D eigenvalue weighted by molar-refractivity contribution is -0.274. The van der Waals surface area contributed by atoms with E-state index in [1.54, 1.807) is 6.07 Å². The molecule has 3 aromatic heterocycles. The number of nitrogens with one attached hydrogen (secondary N) is 2. The highest BCUT2D eigenvalue weighted by molar-refractivity contribution is 5.74. The van der Waals surface area contributed by atoms with Crippen LogP contribution in [0.2, 0.25) is 0 Å². The second-order valence-electron chi connectivity index (χ2n) is 7.08. The van der Waals surface area contributed by atoms with Gasteiger partial charge in [-0.25, -0.2) is 4.98 Å². The molecule has 10 nitrogen and oxygen atoms in total. The van der Waals surface area contributed by atoms with E-state index in [1.807, 2.05) is 6.07 Å². The van der Waals surface area contributed by atoms with Gasteiger partial charge in [-0.2, -0.15) is 9.78 Å². The van der Waals surface area contributed by atoms with E-state index in [2.05, 4.69) is 35.7 Å². The van der Waals surface area contributed by atoms with Gasteiger partial charge in [-0.15, -0.1) is 28.5 Å². The Labute approximate surface area is 178 Å². The molecule has 4 aromatic rings. The van der Waals surface area contributed by atoms with Crippen molar-refractivity contribution in [2.24, 2.45) is 0 Å². The van der Waals surface area contributed by atoms with Crippen LogP contribution in [0.1, 0.15) is 18.5 Å². The van der Waals surface area contributed by atoms with E-state index >= 15 is 0 Å². The number of anilines is 3. The van der Waals surface area contributed by atoms with Crippen molar-refractivity contribution < 1.29 is 17.9 Å². The lowest BCUT2D eigenvalue weighted by atomic mass is 10.2. The molecule has 1 saturated carbocycles. The van der Waals surface area contributed by atoms with Crippen LogP contribution in [0, 0.1) is 11.3 Å². The SMILES string of the molecule is N#Cc1cnc2c(NC3CC3)cc(Nc3ccc(OC(F)(F)F)c(-n4cnnc4)c3)nn12. The zero-order valence-corrected chi connectivity index (χ0v) is 16.2. The number of benzene rings is 1. The maximum atomic E-state index is 12.8. The molecule has 1 fully saturated rings. The summed E-state index contributed by atoms with van der Waals surface area (Å²) in [5.74, 6) is -0.0435. The fourth-order valence-electron chi connectivity index (χ4n) is 3.14. The Morgan fingerprint density at radius 3 is 2.62 bits per heavy atom. The number of imidazole rings is 1. The lowest BCUT2D eigenvalue weighted by Crippen LogP contribution is -2.18. The maximum Gasteiger partial charge on any atom is 0.573 e. The number of rotatable bonds is 6. The maximum absolute atomic E-state index is 12.8. The molecule has 0 saturated heterocycles. The van der Waals surface area contributed by atoms with Crippen LogP contribution in [-0.2, 0) is 0 Å². The summed E-state index contributed by atoms with van der Waals surface area (Å²) in [6, 6.07) is 8.16. The van der Waals surface area contributed by atoms with Gasteiger partial charge in [-0.05, 0) is 31.0 Å². The van der Waals surface area contributed by atoms with Crippen LogP contribution in [0.25, 0.3) is 11.3 Å². The summed E-state index contributed by atoms with van der Waals surface area (Å²) in [4.78, 5) is 4.26. The molecule has 32 heavy (non-hydrogen) atoms. The predicted octanol–water partition coefficient (Wildman–Crippen LogP) is 3.40. The summed E-state index contributed by atoms with van der Waals surface area (Å²) in [6.07, 6.45) is 1.16. The number of fused-ring (bicyclic) bond motifs is 1. The minimum absolute atomic E-state index is 0.0788. The van der Waals surface area contributed by atoms with Crippen LogP contribution in [-0.4, -0.2) is 41.8 Å². The summed E-state index contributed by atoms with van der Waals surface area (Å²) in [6.45, 7) is 0. The Hall–Kier alpha value is -4.34. The van der Waals surface area contributed by atoms with Gasteiger partial charge < -0.3 is 15.4 Å². The van der Waals surface area contributed by atoms with Gasteiger partial charge in [0.15, 0.2) is 22.9 Å². The lowest BCUT2D eigenvalue weighted by Gasteiger charge is -2.16. The number of alkyl halides is 3. The first-order chi connectivity index (χ1) is 15.4. The van der Waals surface area contributed by atoms with E-state index < -0.39 is 12.1 Å². The van der Waals surface area contributed by atoms with Gasteiger partial charge >= 0.3 is 6.36 Å². The van der Waals surface area contributed by atoms with Crippen LogP contribution in [0.3, 0.4) is 0 Å². The molecule has 2 N–H and O–H groups in total. The summed E-state index contributed by atoms with van der Waals surface area (Å²) in [5, 5.41) is 27.4. The predicted molar refractivity (Wildman–Crippen MR) is 106 cm³/mol. The van der Waals surface area contributed by atoms with E-state index in [1.165, 1.54) is 46.1 Å². The Bertz CT molecular complexity index is 1320. The zero-order chi connectivity index (χ0) is 22.3. The first kappa shape index (κ1) is 19.6. The molecule has 0 radical (unpaired) electrons. The number of nitriles is 1. The number of nitrogens with zero attached hydrogens (tertiary/aromatic N) is 7. The van der Waals surface area contributed by atoms with Gasteiger partial charge in [0.25, 0.3) is 0 Å². The van der Waals surface area contributed by atoms with E-state index in [9.17, 15) is 18.4 Å². The molecular weight excluding hydrogens is 427 g/mol. The third-order valence-corrected chi connectivity index (χ3v) is 4.67. The van der Waals surface area contributed by atoms with Gasteiger partial charge in [-0.1, -0.05) is 0 Å². The van der Waals surface area contributed by atoms with Gasteiger partial charge in [0.2, 0.25) is 0 Å². The number of hydrogen-bond donors (Lipinski definition) is 2. The topological polar surface area (TPSA) is 118 Å². The van der Waals surface area contributed by atoms with E-state index in [0.29, 0.717) is 28.9 Å². The number of ether oxygens (including phenoxy) is 1. The van der Waals surface area contributed by atoms with E-state index in [4.69, 9.17) is 0 Å². The summed E-state index contributed by atoms with van der Waals surface area (Å²) in [7, 11) is 0. The second kappa shape index (κ2) is 7.41. The zero-order valence-electron chi connectivity index (χ0n) is 16.2. The fourth-order valence-corrected chi connectivity index (χ4v) is 3.14. The third kappa shape index (κ3) is 3.97. The molecule has 1 aromatic carbocycles. The Kier molecular flexibility index (Phi) is 4.54. The molecule has 5 rings (SSSR count). The molecule has 1 aliphatic carbocycles. The number of halogens is 3. The average molecular weight is 441 g/mol. The molecular formula is C19H14F3N9O. The summed E-state index contributed by atoms with van der Waals surface area (Å²) in [5.41, 5.74) is 1.98. The van der Waals surface area contributed by atoms with Gasteiger partial charge in [0.05, 0.1) is 17.6 Å². The standard InChI is InChI=1S/C19H14F3N9O/c20-19(21,22)32-16-4-3-12(5-15(16)30-9-25-26-10-30)28-17-6-14(27-11-1-2-11)18-24-8-13(7-23)31(18)29-17/h3-6,8-11,27H,1-2H2,(H,28,29).